The van der Waals surface area contributed by atoms with E-state index in [9.17, 15) is 0 Å². The van der Waals surface area contributed by atoms with Crippen molar-refractivity contribution >= 4 is 29.3 Å². The van der Waals surface area contributed by atoms with Crippen LogP contribution in [0.5, 0.6) is 0 Å². The summed E-state index contributed by atoms with van der Waals surface area (Å²) in [6.45, 7) is 4.76. The summed E-state index contributed by atoms with van der Waals surface area (Å²) in [4.78, 5) is 14.4. The fraction of sp³-hybridized carbons (Fsp3) is 0.600. The molecule has 0 bridgehead atoms. The molecule has 0 spiro atoms. The Bertz CT molecular complexity index is 627. The second-order valence-electron chi connectivity index (χ2n) is 6.29. The maximum atomic E-state index is 4.53. The summed E-state index contributed by atoms with van der Waals surface area (Å²) >= 11 is 0. The average Bonchev–Trinajstić information content (AvgIpc) is 3.15. The summed E-state index contributed by atoms with van der Waals surface area (Å²) in [7, 11) is 2.18. The molecule has 1 aliphatic heterocycles. The quantitative estimate of drug-likeness (QED) is 0.892. The molecular weight excluding hydrogens is 286 g/mol. The van der Waals surface area contributed by atoms with Gasteiger partial charge in [-0.1, -0.05) is 6.92 Å². The predicted octanol–water partition coefficient (Wildman–Crippen LogP) is 2.06. The highest BCUT2D eigenvalue weighted by molar-refractivity contribution is 5.87. The molecule has 2 aliphatic rings. The van der Waals surface area contributed by atoms with Crippen LogP contribution < -0.4 is 10.2 Å². The van der Waals surface area contributed by atoms with Gasteiger partial charge in [-0.2, -0.15) is 0 Å². The van der Waals surface area contributed by atoms with Crippen molar-refractivity contribution in [2.75, 3.05) is 25.0 Å². The molecule has 3 heterocycles. The minimum atomic E-state index is 0. The first-order chi connectivity index (χ1) is 9.75. The molecule has 4 atom stereocenters. The number of H-pyrrole nitrogens is 1. The molecule has 0 radical (unpaired) electrons. The van der Waals surface area contributed by atoms with Gasteiger partial charge in [0.2, 0.25) is 0 Å². The zero-order valence-corrected chi connectivity index (χ0v) is 13.2. The highest BCUT2D eigenvalue weighted by Gasteiger charge is 2.44. The van der Waals surface area contributed by atoms with E-state index in [0.29, 0.717) is 12.0 Å². The average molecular weight is 308 g/mol. The zero-order chi connectivity index (χ0) is 13.7. The molecule has 0 unspecified atom stereocenters. The van der Waals surface area contributed by atoms with Gasteiger partial charge >= 0.3 is 0 Å². The van der Waals surface area contributed by atoms with E-state index < -0.39 is 0 Å². The molecule has 2 N–H and O–H groups in total. The van der Waals surface area contributed by atoms with Gasteiger partial charge in [-0.05, 0) is 43.3 Å². The SMILES string of the molecule is C[C@@H]1[C@H]2CNC[C@H]2C[C@@H]1N(C)c1ncnc2[nH]ccc12.Cl. The number of halogens is 1. The predicted molar refractivity (Wildman–Crippen MR) is 87.0 cm³/mol. The van der Waals surface area contributed by atoms with E-state index in [2.05, 4.69) is 45.2 Å². The van der Waals surface area contributed by atoms with Crippen molar-refractivity contribution < 1.29 is 0 Å². The molecule has 0 amide bonds. The summed E-state index contributed by atoms with van der Waals surface area (Å²) in [6.07, 6.45) is 4.87. The number of anilines is 1. The smallest absolute Gasteiger partial charge is 0.142 e. The third kappa shape index (κ3) is 2.19. The van der Waals surface area contributed by atoms with Gasteiger partial charge in [-0.3, -0.25) is 0 Å². The van der Waals surface area contributed by atoms with E-state index >= 15 is 0 Å². The normalized spacial score (nSPS) is 31.1. The maximum absolute atomic E-state index is 4.53. The molecule has 21 heavy (non-hydrogen) atoms. The fourth-order valence-corrected chi connectivity index (χ4v) is 4.24. The lowest BCUT2D eigenvalue weighted by Gasteiger charge is -2.31. The van der Waals surface area contributed by atoms with E-state index in [-0.39, 0.29) is 12.4 Å². The van der Waals surface area contributed by atoms with E-state index in [0.717, 1.165) is 28.7 Å². The van der Waals surface area contributed by atoms with E-state index in [1.165, 1.54) is 19.5 Å². The summed E-state index contributed by atoms with van der Waals surface area (Å²) in [5.41, 5.74) is 0.925. The van der Waals surface area contributed by atoms with Crippen LogP contribution in [0.25, 0.3) is 11.0 Å². The molecule has 2 aromatic rings. The Morgan fingerprint density at radius 2 is 2.14 bits per heavy atom. The van der Waals surface area contributed by atoms with Crippen molar-refractivity contribution in [3.63, 3.8) is 0 Å². The summed E-state index contributed by atoms with van der Waals surface area (Å²) in [5.74, 6) is 3.43. The van der Waals surface area contributed by atoms with Crippen LogP contribution in [0.3, 0.4) is 0 Å². The van der Waals surface area contributed by atoms with Gasteiger partial charge in [0.15, 0.2) is 0 Å². The molecule has 0 aromatic carbocycles. The molecule has 1 saturated heterocycles. The Kier molecular flexibility index (Phi) is 3.80. The van der Waals surface area contributed by atoms with Gasteiger partial charge < -0.3 is 15.2 Å². The molecular formula is C15H22ClN5. The van der Waals surface area contributed by atoms with Crippen LogP contribution in [0.4, 0.5) is 5.82 Å². The van der Waals surface area contributed by atoms with E-state index in [1.54, 1.807) is 6.33 Å². The first kappa shape index (κ1) is 14.6. The number of rotatable bonds is 2. The van der Waals surface area contributed by atoms with Gasteiger partial charge in [0.05, 0.1) is 5.39 Å². The van der Waals surface area contributed by atoms with E-state index in [4.69, 9.17) is 0 Å². The van der Waals surface area contributed by atoms with Crippen LogP contribution in [-0.4, -0.2) is 41.1 Å². The van der Waals surface area contributed by atoms with Crippen molar-refractivity contribution in [2.24, 2.45) is 17.8 Å². The molecule has 1 aliphatic carbocycles. The minimum Gasteiger partial charge on any atom is -0.356 e. The molecule has 2 aromatic heterocycles. The van der Waals surface area contributed by atoms with Crippen molar-refractivity contribution in [1.82, 2.24) is 20.3 Å². The highest BCUT2D eigenvalue weighted by Crippen LogP contribution is 2.42. The maximum Gasteiger partial charge on any atom is 0.142 e. The van der Waals surface area contributed by atoms with Crippen molar-refractivity contribution in [3.8, 4) is 0 Å². The van der Waals surface area contributed by atoms with Crippen LogP contribution in [0.15, 0.2) is 18.6 Å². The molecule has 6 heteroatoms. The molecule has 4 rings (SSSR count). The fourth-order valence-electron chi connectivity index (χ4n) is 4.24. The first-order valence-electron chi connectivity index (χ1n) is 7.47. The number of aromatic amines is 1. The van der Waals surface area contributed by atoms with Crippen LogP contribution in [-0.2, 0) is 0 Å². The van der Waals surface area contributed by atoms with Gasteiger partial charge in [0.1, 0.15) is 17.8 Å². The lowest BCUT2D eigenvalue weighted by molar-refractivity contribution is 0.381. The Labute approximate surface area is 130 Å². The van der Waals surface area contributed by atoms with Gasteiger partial charge in [-0.25, -0.2) is 9.97 Å². The number of hydrogen-bond donors (Lipinski definition) is 2. The lowest BCUT2D eigenvalue weighted by atomic mass is 9.93. The Morgan fingerprint density at radius 1 is 1.29 bits per heavy atom. The molecule has 5 nitrogen and oxygen atoms in total. The topological polar surface area (TPSA) is 56.8 Å². The first-order valence-corrected chi connectivity index (χ1v) is 7.47. The van der Waals surface area contributed by atoms with Gasteiger partial charge in [-0.15, -0.1) is 12.4 Å². The molecule has 2 fully saturated rings. The van der Waals surface area contributed by atoms with Crippen molar-refractivity contribution in [1.29, 1.82) is 0 Å². The monoisotopic (exact) mass is 307 g/mol. The molecule has 1 saturated carbocycles. The summed E-state index contributed by atoms with van der Waals surface area (Å²) in [5, 5.41) is 4.65. The number of hydrogen-bond acceptors (Lipinski definition) is 4. The summed E-state index contributed by atoms with van der Waals surface area (Å²) in [6, 6.07) is 2.66. The third-order valence-electron chi connectivity index (χ3n) is 5.38. The largest absolute Gasteiger partial charge is 0.356 e. The van der Waals surface area contributed by atoms with Crippen LogP contribution in [0.2, 0.25) is 0 Å². The molecule has 114 valence electrons. The highest BCUT2D eigenvalue weighted by atomic mass is 35.5. The number of nitrogens with one attached hydrogen (secondary N) is 2. The van der Waals surface area contributed by atoms with Crippen molar-refractivity contribution in [3.05, 3.63) is 18.6 Å². The second kappa shape index (κ2) is 5.46. The van der Waals surface area contributed by atoms with E-state index in [1.807, 2.05) is 6.20 Å². The number of aromatic nitrogens is 3. The lowest BCUT2D eigenvalue weighted by Crippen LogP contribution is -2.37. The van der Waals surface area contributed by atoms with Crippen LogP contribution in [0.1, 0.15) is 13.3 Å². The summed E-state index contributed by atoms with van der Waals surface area (Å²) < 4.78 is 0. The standard InChI is InChI=1S/C15H21N5.ClH/c1-9-12-7-16-6-10(12)5-13(9)20(2)15-11-3-4-17-14(11)18-8-19-15;/h3-4,8-10,12-13,16H,5-7H2,1-2H3,(H,17,18,19);1H/t9-,10-,12-,13+;/m1./s1. The van der Waals surface area contributed by atoms with Crippen LogP contribution in [0, 0.1) is 17.8 Å². The van der Waals surface area contributed by atoms with Gasteiger partial charge in [0.25, 0.3) is 0 Å². The number of nitrogens with zero attached hydrogens (tertiary/aromatic N) is 3. The minimum absolute atomic E-state index is 0. The Morgan fingerprint density at radius 3 is 2.95 bits per heavy atom. The third-order valence-corrected chi connectivity index (χ3v) is 5.38. The number of fused-ring (bicyclic) bond motifs is 2. The Hall–Kier alpha value is -1.33. The zero-order valence-electron chi connectivity index (χ0n) is 12.4. The van der Waals surface area contributed by atoms with Crippen LogP contribution >= 0.6 is 12.4 Å². The van der Waals surface area contributed by atoms with Gasteiger partial charge in [0, 0.05) is 19.3 Å². The second-order valence-corrected chi connectivity index (χ2v) is 6.29. The Balaban J connectivity index is 0.00000132. The van der Waals surface area contributed by atoms with Crippen molar-refractivity contribution in [2.45, 2.75) is 19.4 Å².